The van der Waals surface area contributed by atoms with Crippen LogP contribution in [0.2, 0.25) is 0 Å². The summed E-state index contributed by atoms with van der Waals surface area (Å²) in [5.41, 5.74) is 1.56. The molecule has 0 aliphatic carbocycles. The largest absolute Gasteiger partial charge is 0.489 e. The number of nitrogens with one attached hydrogen (secondary N) is 1. The van der Waals surface area contributed by atoms with Gasteiger partial charge in [-0.2, -0.15) is 0 Å². The van der Waals surface area contributed by atoms with E-state index < -0.39 is 34.8 Å². The number of carbonyl (C=O) groups is 3. The summed E-state index contributed by atoms with van der Waals surface area (Å²) in [5.74, 6) is -0.297. The van der Waals surface area contributed by atoms with Crippen LogP contribution in [0.4, 0.5) is 14.0 Å². The molecule has 1 unspecified atom stereocenters. The van der Waals surface area contributed by atoms with Gasteiger partial charge in [-0.15, -0.1) is 0 Å². The van der Waals surface area contributed by atoms with Crippen molar-refractivity contribution in [3.05, 3.63) is 94.8 Å². The van der Waals surface area contributed by atoms with E-state index >= 15 is 4.39 Å². The van der Waals surface area contributed by atoms with Crippen molar-refractivity contribution in [1.82, 2.24) is 10.2 Å². The van der Waals surface area contributed by atoms with Crippen LogP contribution in [0.25, 0.3) is 17.2 Å². The normalized spacial score (nSPS) is 15.6. The molecular weight excluding hydrogens is 675 g/mol. The Balaban J connectivity index is 1.67. The number of para-hydroxylation sites is 1. The van der Waals surface area contributed by atoms with Crippen LogP contribution in [-0.4, -0.2) is 52.4 Å². The van der Waals surface area contributed by atoms with Gasteiger partial charge in [0.2, 0.25) is 0 Å². The standard InChI is InChI=1S/C43H55FN2O7/c1-28(45-39(48)52-42(5,6)7)34-17-13-18-35(38(34)44)32-24-29(20-21-33-16-14-22-46(33)40(49)53-43(8,9)10)23-30(25-32)27-50-36-19-12-11-15-31(36)26-37(47)51-41(2,3)4/h11-13,15,17-21,23-25,28,33H,14,16,22,26-27H2,1-10H3,(H,45,48)/t28?,33-/m1/s1. The molecule has 1 N–H and O–H groups in total. The molecule has 1 aliphatic rings. The molecule has 1 aliphatic heterocycles. The molecule has 286 valence electrons. The molecule has 1 fully saturated rings. The van der Waals surface area contributed by atoms with Gasteiger partial charge in [-0.3, -0.25) is 4.79 Å². The van der Waals surface area contributed by atoms with Crippen LogP contribution in [0.15, 0.2) is 66.7 Å². The van der Waals surface area contributed by atoms with Crippen LogP contribution in [0, 0.1) is 5.82 Å². The van der Waals surface area contributed by atoms with Gasteiger partial charge < -0.3 is 29.2 Å². The first-order chi connectivity index (χ1) is 24.7. The third kappa shape index (κ3) is 12.6. The molecular formula is C43H55FN2O7. The topological polar surface area (TPSA) is 103 Å². The number of esters is 1. The van der Waals surface area contributed by atoms with Gasteiger partial charge in [-0.1, -0.05) is 48.6 Å². The van der Waals surface area contributed by atoms with Gasteiger partial charge in [-0.05, 0) is 123 Å². The fourth-order valence-corrected chi connectivity index (χ4v) is 5.97. The maximum Gasteiger partial charge on any atom is 0.410 e. The average molecular weight is 731 g/mol. The minimum atomic E-state index is -0.699. The molecule has 0 aromatic heterocycles. The molecule has 1 heterocycles. The highest BCUT2D eigenvalue weighted by Gasteiger charge is 2.31. The van der Waals surface area contributed by atoms with Crippen LogP contribution in [0.5, 0.6) is 5.75 Å². The number of nitrogens with zero attached hydrogens (tertiary/aromatic N) is 1. The zero-order valence-electron chi connectivity index (χ0n) is 32.8. The van der Waals surface area contributed by atoms with Gasteiger partial charge in [0, 0.05) is 23.2 Å². The van der Waals surface area contributed by atoms with E-state index in [2.05, 4.69) is 5.32 Å². The van der Waals surface area contributed by atoms with Gasteiger partial charge in [-0.25, -0.2) is 14.0 Å². The Bertz CT molecular complexity index is 1800. The first kappa shape index (κ1) is 40.9. The smallest absolute Gasteiger partial charge is 0.410 e. The fraction of sp³-hybridized carbons (Fsp3) is 0.465. The van der Waals surface area contributed by atoms with E-state index in [4.69, 9.17) is 18.9 Å². The number of halogens is 1. The van der Waals surface area contributed by atoms with Crippen molar-refractivity contribution in [2.24, 2.45) is 0 Å². The highest BCUT2D eigenvalue weighted by atomic mass is 19.1. The maximum atomic E-state index is 16.4. The fourth-order valence-electron chi connectivity index (χ4n) is 5.97. The maximum absolute atomic E-state index is 16.4. The predicted octanol–water partition coefficient (Wildman–Crippen LogP) is 9.95. The highest BCUT2D eigenvalue weighted by molar-refractivity contribution is 5.74. The second-order valence-corrected chi connectivity index (χ2v) is 16.4. The Kier molecular flexibility index (Phi) is 13.0. The van der Waals surface area contributed by atoms with Crippen LogP contribution < -0.4 is 10.1 Å². The molecule has 4 rings (SSSR count). The van der Waals surface area contributed by atoms with E-state index in [9.17, 15) is 14.4 Å². The number of carbonyl (C=O) groups excluding carboxylic acids is 3. The first-order valence-electron chi connectivity index (χ1n) is 18.2. The number of ether oxygens (including phenoxy) is 4. The Morgan fingerprint density at radius 1 is 0.887 bits per heavy atom. The van der Waals surface area contributed by atoms with E-state index in [1.54, 1.807) is 56.9 Å². The number of hydrogen-bond acceptors (Lipinski definition) is 7. The van der Waals surface area contributed by atoms with E-state index in [1.165, 1.54) is 0 Å². The Labute approximate surface area is 313 Å². The molecule has 0 spiro atoms. The van der Waals surface area contributed by atoms with Crippen LogP contribution >= 0.6 is 0 Å². The third-order valence-corrected chi connectivity index (χ3v) is 8.11. The van der Waals surface area contributed by atoms with Crippen molar-refractivity contribution >= 4 is 24.2 Å². The van der Waals surface area contributed by atoms with E-state index in [0.29, 0.717) is 34.5 Å². The van der Waals surface area contributed by atoms with Gasteiger partial charge in [0.15, 0.2) is 0 Å². The number of benzene rings is 3. The molecule has 53 heavy (non-hydrogen) atoms. The summed E-state index contributed by atoms with van der Waals surface area (Å²) in [6.07, 6.45) is 4.61. The lowest BCUT2D eigenvalue weighted by Crippen LogP contribution is -2.39. The lowest BCUT2D eigenvalue weighted by atomic mass is 9.95. The lowest BCUT2D eigenvalue weighted by molar-refractivity contribution is -0.153. The minimum absolute atomic E-state index is 0.0462. The highest BCUT2D eigenvalue weighted by Crippen LogP contribution is 2.32. The molecule has 0 radical (unpaired) electrons. The zero-order chi connectivity index (χ0) is 39.1. The number of hydrogen-bond donors (Lipinski definition) is 1. The second-order valence-electron chi connectivity index (χ2n) is 16.4. The molecule has 9 nitrogen and oxygen atoms in total. The molecule has 0 bridgehead atoms. The lowest BCUT2D eigenvalue weighted by Gasteiger charge is -2.27. The molecule has 2 amide bonds. The Morgan fingerprint density at radius 3 is 2.25 bits per heavy atom. The van der Waals surface area contributed by atoms with Gasteiger partial charge in [0.1, 0.15) is 35.0 Å². The zero-order valence-corrected chi connectivity index (χ0v) is 32.8. The van der Waals surface area contributed by atoms with Crippen molar-refractivity contribution in [2.75, 3.05) is 6.54 Å². The van der Waals surface area contributed by atoms with E-state index in [-0.39, 0.29) is 31.1 Å². The summed E-state index contributed by atoms with van der Waals surface area (Å²) in [4.78, 5) is 39.9. The summed E-state index contributed by atoms with van der Waals surface area (Å²) in [7, 11) is 0. The summed E-state index contributed by atoms with van der Waals surface area (Å²) in [6.45, 7) is 18.7. The van der Waals surface area contributed by atoms with Crippen LogP contribution in [0.1, 0.15) is 110 Å². The number of likely N-dealkylation sites (tertiary alicyclic amines) is 1. The summed E-state index contributed by atoms with van der Waals surface area (Å²) >= 11 is 0. The van der Waals surface area contributed by atoms with Crippen LogP contribution in [-0.2, 0) is 32.0 Å². The van der Waals surface area contributed by atoms with Crippen molar-refractivity contribution in [1.29, 1.82) is 0 Å². The molecule has 0 saturated carbocycles. The minimum Gasteiger partial charge on any atom is -0.489 e. The van der Waals surface area contributed by atoms with Crippen LogP contribution in [0.3, 0.4) is 0 Å². The van der Waals surface area contributed by atoms with Gasteiger partial charge >= 0.3 is 18.2 Å². The molecule has 2 atom stereocenters. The van der Waals surface area contributed by atoms with Crippen molar-refractivity contribution < 1.29 is 37.7 Å². The Hall–Kier alpha value is -4.86. The SMILES string of the molecule is CC(NC(=O)OC(C)(C)C)c1cccc(-c2cc(C=C[C@H]3CCCN3C(=O)OC(C)(C)C)cc(COc3ccccc3CC(=O)OC(C)(C)C)c2)c1F. The Morgan fingerprint density at radius 2 is 1.57 bits per heavy atom. The second kappa shape index (κ2) is 16.9. The van der Waals surface area contributed by atoms with Crippen molar-refractivity contribution in [3.8, 4) is 16.9 Å². The molecule has 3 aromatic rings. The first-order valence-corrected chi connectivity index (χ1v) is 18.2. The number of amides is 2. The van der Waals surface area contributed by atoms with Crippen molar-refractivity contribution in [2.45, 2.75) is 124 Å². The quantitative estimate of drug-likeness (QED) is 0.164. The molecule has 3 aromatic carbocycles. The van der Waals surface area contributed by atoms with Gasteiger partial charge in [0.05, 0.1) is 18.5 Å². The van der Waals surface area contributed by atoms with E-state index in [0.717, 1.165) is 24.0 Å². The summed E-state index contributed by atoms with van der Waals surface area (Å²) in [5, 5.41) is 2.74. The predicted molar refractivity (Wildman–Crippen MR) is 205 cm³/mol. The summed E-state index contributed by atoms with van der Waals surface area (Å²) < 4.78 is 39.2. The monoisotopic (exact) mass is 730 g/mol. The summed E-state index contributed by atoms with van der Waals surface area (Å²) in [6, 6.07) is 17.3. The molecule has 10 heteroatoms. The average Bonchev–Trinajstić information content (AvgIpc) is 3.50. The number of rotatable bonds is 10. The third-order valence-electron chi connectivity index (χ3n) is 8.11. The van der Waals surface area contributed by atoms with Gasteiger partial charge in [0.25, 0.3) is 0 Å². The van der Waals surface area contributed by atoms with E-state index in [1.807, 2.05) is 90.1 Å². The number of alkyl carbamates (subject to hydrolysis) is 1. The molecule has 1 saturated heterocycles. The van der Waals surface area contributed by atoms with Crippen molar-refractivity contribution in [3.63, 3.8) is 0 Å².